The van der Waals surface area contributed by atoms with E-state index >= 15 is 0 Å². The van der Waals surface area contributed by atoms with Crippen LogP contribution in [0.15, 0.2) is 24.3 Å². The summed E-state index contributed by atoms with van der Waals surface area (Å²) in [6, 6.07) is 7.48. The van der Waals surface area contributed by atoms with E-state index < -0.39 is 32.8 Å². The number of hydrogen-bond acceptors (Lipinski definition) is 4. The maximum absolute atomic E-state index is 12.1. The molecule has 0 heterocycles. The first kappa shape index (κ1) is 17.5. The standard InChI is InChI=1S/C16H18Br2O4/c1-15(2,17)13(19)21-11-9-7-5-6-8-10(9)12(11)22-14(20)16(3,4)18/h5-8,11-12H,1-4H3/t11-,12+. The van der Waals surface area contributed by atoms with Crippen LogP contribution >= 0.6 is 31.9 Å². The molecular formula is C16H18Br2O4. The zero-order valence-corrected chi connectivity index (χ0v) is 16.0. The van der Waals surface area contributed by atoms with Crippen molar-refractivity contribution in [2.75, 3.05) is 0 Å². The van der Waals surface area contributed by atoms with Crippen molar-refractivity contribution in [3.05, 3.63) is 35.4 Å². The third-order valence-electron chi connectivity index (χ3n) is 3.32. The molecule has 0 bridgehead atoms. The van der Waals surface area contributed by atoms with E-state index in [9.17, 15) is 9.59 Å². The van der Waals surface area contributed by atoms with Crippen LogP contribution in [0.25, 0.3) is 0 Å². The van der Waals surface area contributed by atoms with Crippen molar-refractivity contribution < 1.29 is 19.1 Å². The number of esters is 2. The first-order chi connectivity index (χ1) is 10.0. The molecule has 0 N–H and O–H groups in total. The number of fused-ring (bicyclic) bond motifs is 1. The second kappa shape index (κ2) is 5.96. The van der Waals surface area contributed by atoms with Crippen LogP contribution in [0.4, 0.5) is 0 Å². The molecule has 1 aromatic rings. The Bertz CT molecular complexity index is 546. The third kappa shape index (κ3) is 3.54. The molecule has 120 valence electrons. The highest BCUT2D eigenvalue weighted by Gasteiger charge is 2.46. The second-order valence-electron chi connectivity index (χ2n) is 6.23. The van der Waals surface area contributed by atoms with Crippen LogP contribution in [0.5, 0.6) is 0 Å². The van der Waals surface area contributed by atoms with Crippen molar-refractivity contribution in [1.29, 1.82) is 0 Å². The first-order valence-corrected chi connectivity index (χ1v) is 8.49. The molecule has 0 aliphatic heterocycles. The Morgan fingerprint density at radius 2 is 1.18 bits per heavy atom. The fourth-order valence-electron chi connectivity index (χ4n) is 2.02. The summed E-state index contributed by atoms with van der Waals surface area (Å²) in [5.74, 6) is -0.794. The second-order valence-corrected chi connectivity index (χ2v) is 10.2. The molecule has 0 amide bonds. The molecule has 1 aromatic carbocycles. The highest BCUT2D eigenvalue weighted by molar-refractivity contribution is 9.10. The van der Waals surface area contributed by atoms with Crippen LogP contribution in [0.3, 0.4) is 0 Å². The van der Waals surface area contributed by atoms with Gasteiger partial charge in [0.15, 0.2) is 12.2 Å². The maximum Gasteiger partial charge on any atom is 0.323 e. The summed E-state index contributed by atoms with van der Waals surface area (Å²) in [6.45, 7) is 6.84. The molecule has 22 heavy (non-hydrogen) atoms. The molecule has 1 aliphatic rings. The summed E-state index contributed by atoms with van der Waals surface area (Å²) < 4.78 is 9.47. The smallest absolute Gasteiger partial charge is 0.323 e. The van der Waals surface area contributed by atoms with Gasteiger partial charge in [-0.25, -0.2) is 0 Å². The van der Waals surface area contributed by atoms with E-state index in [1.165, 1.54) is 0 Å². The summed E-state index contributed by atoms with van der Waals surface area (Å²) >= 11 is 6.56. The van der Waals surface area contributed by atoms with Crippen molar-refractivity contribution in [3.63, 3.8) is 0 Å². The summed E-state index contributed by atoms with van der Waals surface area (Å²) in [7, 11) is 0. The van der Waals surface area contributed by atoms with Crippen LogP contribution < -0.4 is 0 Å². The van der Waals surface area contributed by atoms with E-state index in [4.69, 9.17) is 9.47 Å². The number of rotatable bonds is 4. The van der Waals surface area contributed by atoms with Crippen LogP contribution in [0.1, 0.15) is 51.0 Å². The van der Waals surface area contributed by atoms with Crippen molar-refractivity contribution in [2.24, 2.45) is 0 Å². The minimum absolute atomic E-state index is 0.397. The Labute approximate surface area is 146 Å². The van der Waals surface area contributed by atoms with Crippen LogP contribution in [-0.4, -0.2) is 20.6 Å². The SMILES string of the molecule is CC(C)(Br)C(=O)O[C@@H]1c2ccccc2[C@@H]1OC(=O)C(C)(C)Br. The Morgan fingerprint density at radius 3 is 1.45 bits per heavy atom. The summed E-state index contributed by atoms with van der Waals surface area (Å²) in [6.07, 6.45) is -1.14. The normalized spacial score (nSPS) is 20.6. The molecule has 0 radical (unpaired) electrons. The molecular weight excluding hydrogens is 416 g/mol. The van der Waals surface area contributed by atoms with Gasteiger partial charge in [0.25, 0.3) is 0 Å². The lowest BCUT2D eigenvalue weighted by molar-refractivity contribution is -0.176. The van der Waals surface area contributed by atoms with Gasteiger partial charge >= 0.3 is 11.9 Å². The van der Waals surface area contributed by atoms with Gasteiger partial charge in [-0.1, -0.05) is 56.1 Å². The average molecular weight is 434 g/mol. The van der Waals surface area contributed by atoms with Gasteiger partial charge in [-0.2, -0.15) is 0 Å². The Kier molecular flexibility index (Phi) is 4.74. The van der Waals surface area contributed by atoms with Crippen LogP contribution in [0.2, 0.25) is 0 Å². The molecule has 0 fully saturated rings. The minimum atomic E-state index is -0.791. The fraction of sp³-hybridized carbons (Fsp3) is 0.500. The van der Waals surface area contributed by atoms with Gasteiger partial charge in [0.05, 0.1) is 0 Å². The van der Waals surface area contributed by atoms with E-state index in [-0.39, 0.29) is 0 Å². The van der Waals surface area contributed by atoms with Gasteiger partial charge in [0, 0.05) is 11.1 Å². The molecule has 0 aromatic heterocycles. The Morgan fingerprint density at radius 1 is 0.864 bits per heavy atom. The van der Waals surface area contributed by atoms with Crippen LogP contribution in [0, 0.1) is 0 Å². The van der Waals surface area contributed by atoms with Crippen molar-refractivity contribution >= 4 is 43.8 Å². The van der Waals surface area contributed by atoms with Gasteiger partial charge in [-0.15, -0.1) is 0 Å². The number of halogens is 2. The number of carbonyl (C=O) groups excluding carboxylic acids is 2. The van der Waals surface area contributed by atoms with E-state index in [0.29, 0.717) is 0 Å². The maximum atomic E-state index is 12.1. The molecule has 2 rings (SSSR count). The summed E-state index contributed by atoms with van der Waals surface area (Å²) in [5, 5.41) is 0. The van der Waals surface area contributed by atoms with Gasteiger partial charge < -0.3 is 9.47 Å². The predicted molar refractivity (Wildman–Crippen MR) is 90.1 cm³/mol. The van der Waals surface area contributed by atoms with E-state index in [0.717, 1.165) is 11.1 Å². The number of alkyl halides is 2. The monoisotopic (exact) mass is 432 g/mol. The zero-order chi connectivity index (χ0) is 16.7. The quantitative estimate of drug-likeness (QED) is 0.527. The van der Waals surface area contributed by atoms with Gasteiger partial charge in [-0.05, 0) is 27.7 Å². The van der Waals surface area contributed by atoms with Gasteiger partial charge in [0.2, 0.25) is 0 Å². The average Bonchev–Trinajstić information content (AvgIpc) is 2.39. The number of benzene rings is 1. The topological polar surface area (TPSA) is 52.6 Å². The largest absolute Gasteiger partial charge is 0.452 e. The third-order valence-corrected chi connectivity index (χ3v) is 3.97. The molecule has 0 saturated carbocycles. The molecule has 4 nitrogen and oxygen atoms in total. The number of hydrogen-bond donors (Lipinski definition) is 0. The highest BCUT2D eigenvalue weighted by atomic mass is 79.9. The van der Waals surface area contributed by atoms with Gasteiger partial charge in [0.1, 0.15) is 8.65 Å². The number of carbonyl (C=O) groups is 2. The molecule has 2 atom stereocenters. The first-order valence-electron chi connectivity index (χ1n) is 6.90. The van der Waals surface area contributed by atoms with E-state index in [2.05, 4.69) is 31.9 Å². The molecule has 6 heteroatoms. The highest BCUT2D eigenvalue weighted by Crippen LogP contribution is 2.49. The van der Waals surface area contributed by atoms with Crippen molar-refractivity contribution in [2.45, 2.75) is 48.6 Å². The lowest BCUT2D eigenvalue weighted by atomic mass is 9.82. The van der Waals surface area contributed by atoms with E-state index in [1.807, 2.05) is 24.3 Å². The lowest BCUT2D eigenvalue weighted by Gasteiger charge is -2.39. The molecule has 1 aliphatic carbocycles. The Balaban J connectivity index is 2.21. The van der Waals surface area contributed by atoms with Gasteiger partial charge in [-0.3, -0.25) is 9.59 Å². The number of ether oxygens (including phenoxy) is 2. The van der Waals surface area contributed by atoms with Crippen LogP contribution in [-0.2, 0) is 19.1 Å². The Hall–Kier alpha value is -0.880. The van der Waals surface area contributed by atoms with Crippen molar-refractivity contribution in [3.8, 4) is 0 Å². The summed E-state index contributed by atoms with van der Waals surface area (Å²) in [5.41, 5.74) is 1.75. The molecule has 0 spiro atoms. The van der Waals surface area contributed by atoms with Crippen molar-refractivity contribution in [1.82, 2.24) is 0 Å². The lowest BCUT2D eigenvalue weighted by Crippen LogP contribution is -2.38. The fourth-order valence-corrected chi connectivity index (χ4v) is 2.21. The summed E-state index contributed by atoms with van der Waals surface area (Å²) in [4.78, 5) is 24.2. The minimum Gasteiger partial charge on any atom is -0.452 e. The molecule has 0 saturated heterocycles. The molecule has 0 unspecified atom stereocenters. The zero-order valence-electron chi connectivity index (χ0n) is 12.9. The predicted octanol–water partition coefficient (Wildman–Crippen LogP) is 4.22. The van der Waals surface area contributed by atoms with E-state index in [1.54, 1.807) is 27.7 Å².